The van der Waals surface area contributed by atoms with Crippen molar-refractivity contribution < 1.29 is 5.11 Å². The maximum absolute atomic E-state index is 9.41. The average molecular weight is 247 g/mol. The van der Waals surface area contributed by atoms with E-state index in [1.807, 2.05) is 13.0 Å². The molecule has 0 unspecified atom stereocenters. The molecule has 0 bridgehead atoms. The molecule has 82 valence electrons. The second-order valence-corrected chi connectivity index (χ2v) is 3.55. The van der Waals surface area contributed by atoms with Crippen LogP contribution in [0.4, 0.5) is 0 Å². The minimum absolute atomic E-state index is 0. The predicted molar refractivity (Wildman–Crippen MR) is 64.1 cm³/mol. The number of hydrogen-bond donors (Lipinski definition) is 1. The molecule has 0 saturated carbocycles. The lowest BCUT2D eigenvalue weighted by molar-refractivity contribution is 0.476. The van der Waals surface area contributed by atoms with E-state index in [0.717, 1.165) is 17.9 Å². The Hall–Kier alpha value is -0.930. The van der Waals surface area contributed by atoms with Crippen molar-refractivity contribution in [2.45, 2.75) is 20.4 Å². The number of fused-ring (bicyclic) bond motifs is 1. The predicted octanol–water partition coefficient (Wildman–Crippen LogP) is 3.15. The first kappa shape index (κ1) is 12.1. The topological polar surface area (TPSA) is 38.0 Å². The molecule has 5 heteroatoms. The van der Waals surface area contributed by atoms with E-state index in [1.54, 1.807) is 6.07 Å². The molecule has 2 aromatic rings. The summed E-state index contributed by atoms with van der Waals surface area (Å²) < 4.78 is 2.06. The Morgan fingerprint density at radius 1 is 1.47 bits per heavy atom. The highest BCUT2D eigenvalue weighted by molar-refractivity contribution is 6.36. The summed E-state index contributed by atoms with van der Waals surface area (Å²) in [5, 5.41) is 9.74. The van der Waals surface area contributed by atoms with Crippen LogP contribution in [0.25, 0.3) is 11.0 Å². The number of aromatic hydroxyl groups is 1. The van der Waals surface area contributed by atoms with Crippen molar-refractivity contribution in [3.05, 3.63) is 23.0 Å². The highest BCUT2D eigenvalue weighted by atomic mass is 35.5. The summed E-state index contributed by atoms with van der Waals surface area (Å²) in [4.78, 5) is 4.32. The van der Waals surface area contributed by atoms with Crippen LogP contribution in [-0.4, -0.2) is 14.7 Å². The summed E-state index contributed by atoms with van der Waals surface area (Å²) in [5.41, 5.74) is 1.64. The lowest BCUT2D eigenvalue weighted by Gasteiger charge is -2.02. The number of aryl methyl sites for hydroxylation is 2. The zero-order valence-corrected chi connectivity index (χ0v) is 10.1. The van der Waals surface area contributed by atoms with Gasteiger partial charge in [0.15, 0.2) is 0 Å². The van der Waals surface area contributed by atoms with Crippen LogP contribution in [0.15, 0.2) is 12.1 Å². The minimum Gasteiger partial charge on any atom is -0.506 e. The Morgan fingerprint density at radius 2 is 2.13 bits per heavy atom. The molecule has 3 nitrogen and oxygen atoms in total. The molecule has 0 fully saturated rings. The van der Waals surface area contributed by atoms with E-state index in [0.29, 0.717) is 10.5 Å². The van der Waals surface area contributed by atoms with Gasteiger partial charge in [0.25, 0.3) is 0 Å². The fraction of sp³-hybridized carbons (Fsp3) is 0.300. The van der Waals surface area contributed by atoms with Crippen LogP contribution in [0.2, 0.25) is 5.02 Å². The molecule has 0 saturated heterocycles. The number of rotatable bonds is 1. The lowest BCUT2D eigenvalue weighted by Crippen LogP contribution is -1.95. The number of benzene rings is 1. The standard InChI is InChI=1S/C10H11ClN2O.ClH/c1-3-13-6(2)12-10-7(13)4-5-8(14)9(10)11;/h4-5,14H,3H2,1-2H3;1H. The van der Waals surface area contributed by atoms with Gasteiger partial charge in [0, 0.05) is 6.54 Å². The molecule has 0 aliphatic heterocycles. The zero-order chi connectivity index (χ0) is 10.3. The lowest BCUT2D eigenvalue weighted by atomic mass is 10.3. The molecule has 0 atom stereocenters. The molecule has 0 aliphatic rings. The van der Waals surface area contributed by atoms with Crippen LogP contribution in [0.1, 0.15) is 12.7 Å². The third-order valence-corrected chi connectivity index (χ3v) is 2.72. The first-order valence-corrected chi connectivity index (χ1v) is 4.87. The number of nitrogens with zero attached hydrogens (tertiary/aromatic N) is 2. The second-order valence-electron chi connectivity index (χ2n) is 3.17. The molecule has 1 aromatic carbocycles. The largest absolute Gasteiger partial charge is 0.506 e. The van der Waals surface area contributed by atoms with Crippen LogP contribution in [-0.2, 0) is 6.54 Å². The van der Waals surface area contributed by atoms with Gasteiger partial charge in [-0.3, -0.25) is 0 Å². The van der Waals surface area contributed by atoms with E-state index in [2.05, 4.69) is 16.5 Å². The van der Waals surface area contributed by atoms with Crippen molar-refractivity contribution in [2.75, 3.05) is 0 Å². The van der Waals surface area contributed by atoms with Crippen LogP contribution in [0, 0.1) is 6.92 Å². The first-order valence-electron chi connectivity index (χ1n) is 4.49. The number of halogens is 2. The van der Waals surface area contributed by atoms with Gasteiger partial charge in [0.1, 0.15) is 22.1 Å². The van der Waals surface area contributed by atoms with Gasteiger partial charge >= 0.3 is 0 Å². The number of aromatic nitrogens is 2. The second kappa shape index (κ2) is 4.29. The monoisotopic (exact) mass is 246 g/mol. The van der Waals surface area contributed by atoms with Crippen LogP contribution in [0.5, 0.6) is 5.75 Å². The maximum Gasteiger partial charge on any atom is 0.136 e. The fourth-order valence-corrected chi connectivity index (χ4v) is 1.87. The molecule has 2 rings (SSSR count). The Morgan fingerprint density at radius 3 is 2.73 bits per heavy atom. The van der Waals surface area contributed by atoms with E-state index in [9.17, 15) is 5.11 Å². The maximum atomic E-state index is 9.41. The fourth-order valence-electron chi connectivity index (χ4n) is 1.66. The smallest absolute Gasteiger partial charge is 0.136 e. The van der Waals surface area contributed by atoms with Gasteiger partial charge in [-0.25, -0.2) is 4.98 Å². The highest BCUT2D eigenvalue weighted by Gasteiger charge is 2.11. The van der Waals surface area contributed by atoms with Crippen molar-refractivity contribution in [1.29, 1.82) is 0 Å². The van der Waals surface area contributed by atoms with Crippen molar-refractivity contribution >= 4 is 35.0 Å². The zero-order valence-electron chi connectivity index (χ0n) is 8.49. The molecule has 1 heterocycles. The summed E-state index contributed by atoms with van der Waals surface area (Å²) in [7, 11) is 0. The quantitative estimate of drug-likeness (QED) is 0.840. The van der Waals surface area contributed by atoms with Crippen molar-refractivity contribution in [1.82, 2.24) is 9.55 Å². The minimum atomic E-state index is 0. The molecule has 0 aliphatic carbocycles. The number of imidazole rings is 1. The van der Waals surface area contributed by atoms with Gasteiger partial charge in [-0.15, -0.1) is 12.4 Å². The van der Waals surface area contributed by atoms with Gasteiger partial charge in [0.2, 0.25) is 0 Å². The molecule has 1 N–H and O–H groups in total. The summed E-state index contributed by atoms with van der Waals surface area (Å²) in [6.07, 6.45) is 0. The van der Waals surface area contributed by atoms with Gasteiger partial charge in [-0.05, 0) is 26.0 Å². The molecule has 0 amide bonds. The molecule has 0 radical (unpaired) electrons. The Bertz CT molecular complexity index is 494. The summed E-state index contributed by atoms with van der Waals surface area (Å²) in [6, 6.07) is 3.43. The van der Waals surface area contributed by atoms with Gasteiger partial charge in [0.05, 0.1) is 5.52 Å². The van der Waals surface area contributed by atoms with Gasteiger partial charge in [-0.2, -0.15) is 0 Å². The average Bonchev–Trinajstić information content (AvgIpc) is 2.49. The summed E-state index contributed by atoms with van der Waals surface area (Å²) in [6.45, 7) is 4.83. The van der Waals surface area contributed by atoms with Crippen molar-refractivity contribution in [2.24, 2.45) is 0 Å². The SMILES string of the molecule is CCn1c(C)nc2c(Cl)c(O)ccc21.Cl. The van der Waals surface area contributed by atoms with E-state index in [4.69, 9.17) is 11.6 Å². The van der Waals surface area contributed by atoms with Crippen molar-refractivity contribution in [3.8, 4) is 5.75 Å². The van der Waals surface area contributed by atoms with E-state index >= 15 is 0 Å². The van der Waals surface area contributed by atoms with Crippen molar-refractivity contribution in [3.63, 3.8) is 0 Å². The van der Waals surface area contributed by atoms with Crippen LogP contribution < -0.4 is 0 Å². The highest BCUT2D eigenvalue weighted by Crippen LogP contribution is 2.31. The number of hydrogen-bond acceptors (Lipinski definition) is 2. The Balaban J connectivity index is 0.00000112. The number of phenols is 1. The number of phenolic OH excluding ortho intramolecular Hbond substituents is 1. The Kier molecular flexibility index (Phi) is 3.47. The van der Waals surface area contributed by atoms with Gasteiger partial charge in [-0.1, -0.05) is 11.6 Å². The summed E-state index contributed by atoms with van der Waals surface area (Å²) >= 11 is 5.94. The van der Waals surface area contributed by atoms with Crippen LogP contribution in [0.3, 0.4) is 0 Å². The van der Waals surface area contributed by atoms with E-state index in [-0.39, 0.29) is 18.2 Å². The van der Waals surface area contributed by atoms with E-state index in [1.165, 1.54) is 0 Å². The van der Waals surface area contributed by atoms with Crippen LogP contribution >= 0.6 is 24.0 Å². The molecular formula is C10H12Cl2N2O. The summed E-state index contributed by atoms with van der Waals surface area (Å²) in [5.74, 6) is 0.995. The van der Waals surface area contributed by atoms with E-state index < -0.39 is 0 Å². The third-order valence-electron chi connectivity index (χ3n) is 2.35. The first-order chi connectivity index (χ1) is 6.65. The molecular weight excluding hydrogens is 235 g/mol. The Labute approximate surface area is 99.1 Å². The molecule has 1 aromatic heterocycles. The molecule has 0 spiro atoms. The van der Waals surface area contributed by atoms with Gasteiger partial charge < -0.3 is 9.67 Å². The molecule has 15 heavy (non-hydrogen) atoms. The third kappa shape index (κ3) is 1.77. The normalized spacial score (nSPS) is 10.3.